The van der Waals surface area contributed by atoms with Gasteiger partial charge in [-0.1, -0.05) is 18.1 Å². The molecule has 4 rings (SSSR count). The molecule has 2 heterocycles. The molecule has 30 heavy (non-hydrogen) atoms. The van der Waals surface area contributed by atoms with Crippen LogP contribution in [0.3, 0.4) is 0 Å². The van der Waals surface area contributed by atoms with Crippen LogP contribution in [0.15, 0.2) is 35.7 Å². The lowest BCUT2D eigenvalue weighted by Crippen LogP contribution is -2.37. The molecule has 0 unspecified atom stereocenters. The highest BCUT2D eigenvalue weighted by atomic mass is 19.1. The first-order chi connectivity index (χ1) is 14.6. The van der Waals surface area contributed by atoms with E-state index < -0.39 is 0 Å². The molecule has 160 valence electrons. The summed E-state index contributed by atoms with van der Waals surface area (Å²) in [5, 5.41) is 4.46. The maximum atomic E-state index is 13.7. The molecule has 0 radical (unpaired) electrons. The van der Waals surface area contributed by atoms with E-state index in [-0.39, 0.29) is 17.6 Å². The zero-order valence-corrected chi connectivity index (χ0v) is 17.6. The molecular weight excluding hydrogens is 381 g/mol. The van der Waals surface area contributed by atoms with Crippen molar-refractivity contribution in [2.75, 3.05) is 23.7 Å². The zero-order chi connectivity index (χ0) is 20.9. The molecular formula is C23H30FN5O. The van der Waals surface area contributed by atoms with Gasteiger partial charge in [0.1, 0.15) is 11.9 Å². The van der Waals surface area contributed by atoms with Crippen LogP contribution >= 0.6 is 0 Å². The topological polar surface area (TPSA) is 76.6 Å². The fourth-order valence-electron chi connectivity index (χ4n) is 4.18. The second-order valence-electron chi connectivity index (χ2n) is 8.25. The summed E-state index contributed by atoms with van der Waals surface area (Å²) in [6, 6.07) is 5.17. The summed E-state index contributed by atoms with van der Waals surface area (Å²) in [7, 11) is 0. The Bertz CT molecular complexity index is 868. The fraction of sp³-hybridized carbons (Fsp3) is 0.522. The van der Waals surface area contributed by atoms with Gasteiger partial charge in [-0.3, -0.25) is 0 Å². The first-order valence-electron chi connectivity index (χ1n) is 10.9. The Morgan fingerprint density at radius 1 is 1.13 bits per heavy atom. The summed E-state index contributed by atoms with van der Waals surface area (Å²) in [5.74, 6) is 0.837. The van der Waals surface area contributed by atoms with E-state index in [9.17, 15) is 4.39 Å². The van der Waals surface area contributed by atoms with Crippen LogP contribution in [-0.2, 0) is 11.3 Å². The smallest absolute Gasteiger partial charge is 0.225 e. The molecule has 1 saturated heterocycles. The number of oxime groups is 1. The third kappa shape index (κ3) is 4.89. The van der Waals surface area contributed by atoms with E-state index in [1.807, 2.05) is 18.5 Å². The first kappa shape index (κ1) is 20.6. The van der Waals surface area contributed by atoms with Gasteiger partial charge in [0, 0.05) is 38.3 Å². The average Bonchev–Trinajstić information content (AvgIpc) is 2.80. The van der Waals surface area contributed by atoms with Crippen molar-refractivity contribution in [1.29, 1.82) is 0 Å². The fourth-order valence-corrected chi connectivity index (χ4v) is 4.18. The number of aryl methyl sites for hydroxylation is 1. The number of rotatable bonds is 5. The van der Waals surface area contributed by atoms with Crippen molar-refractivity contribution in [2.24, 2.45) is 5.16 Å². The number of piperidine rings is 1. The van der Waals surface area contributed by atoms with E-state index in [2.05, 4.69) is 26.9 Å². The summed E-state index contributed by atoms with van der Waals surface area (Å²) in [6.45, 7) is 3.87. The van der Waals surface area contributed by atoms with Crippen molar-refractivity contribution in [1.82, 2.24) is 9.97 Å². The van der Waals surface area contributed by atoms with Crippen molar-refractivity contribution in [3.8, 4) is 0 Å². The Morgan fingerprint density at radius 3 is 2.47 bits per heavy atom. The van der Waals surface area contributed by atoms with Gasteiger partial charge in [0.2, 0.25) is 5.95 Å². The van der Waals surface area contributed by atoms with Gasteiger partial charge in [-0.25, -0.2) is 14.4 Å². The third-order valence-corrected chi connectivity index (χ3v) is 6.21. The SMILES string of the molecule is CCc1cnc(N2CCC(ON=C3CCC(c4ccc(N)c(F)c4)CC3)CC2)nc1. The van der Waals surface area contributed by atoms with Crippen molar-refractivity contribution < 1.29 is 9.23 Å². The van der Waals surface area contributed by atoms with Gasteiger partial charge in [0.25, 0.3) is 0 Å². The van der Waals surface area contributed by atoms with Gasteiger partial charge in [-0.05, 0) is 61.3 Å². The molecule has 1 aromatic carbocycles. The number of nitrogen functional groups attached to an aromatic ring is 1. The summed E-state index contributed by atoms with van der Waals surface area (Å²) < 4.78 is 13.7. The van der Waals surface area contributed by atoms with Crippen LogP contribution < -0.4 is 10.6 Å². The molecule has 2 aromatic rings. The standard InChI is InChI=1S/C23H30FN5O/c1-2-16-14-26-23(27-15-16)29-11-9-20(10-12-29)30-28-19-6-3-17(4-7-19)18-5-8-22(25)21(24)13-18/h5,8,13-15,17,20H,2-4,6-7,9-12,25H2,1H3. The predicted octanol–water partition coefficient (Wildman–Crippen LogP) is 4.46. The number of hydrogen-bond donors (Lipinski definition) is 1. The van der Waals surface area contributed by atoms with Gasteiger partial charge in [0.05, 0.1) is 11.4 Å². The van der Waals surface area contributed by atoms with Crippen LogP contribution in [0.5, 0.6) is 0 Å². The lowest BCUT2D eigenvalue weighted by atomic mass is 9.83. The first-order valence-corrected chi connectivity index (χ1v) is 10.9. The number of anilines is 2. The van der Waals surface area contributed by atoms with Gasteiger partial charge >= 0.3 is 0 Å². The minimum Gasteiger partial charge on any atom is -0.396 e. The Balaban J connectivity index is 1.23. The molecule has 0 amide bonds. The third-order valence-electron chi connectivity index (χ3n) is 6.21. The Kier molecular flexibility index (Phi) is 6.45. The van der Waals surface area contributed by atoms with Gasteiger partial charge < -0.3 is 15.5 Å². The molecule has 1 aromatic heterocycles. The predicted molar refractivity (Wildman–Crippen MR) is 117 cm³/mol. The number of nitrogens with zero attached hydrogens (tertiary/aromatic N) is 4. The summed E-state index contributed by atoms with van der Waals surface area (Å²) in [6.07, 6.45) is 10.5. The van der Waals surface area contributed by atoms with Crippen LogP contribution in [0, 0.1) is 5.82 Å². The molecule has 2 aliphatic rings. The highest BCUT2D eigenvalue weighted by Gasteiger charge is 2.24. The Hall–Kier alpha value is -2.70. The quantitative estimate of drug-likeness (QED) is 0.581. The van der Waals surface area contributed by atoms with E-state index in [0.717, 1.165) is 80.8 Å². The second kappa shape index (κ2) is 9.41. The van der Waals surface area contributed by atoms with E-state index in [1.165, 1.54) is 0 Å². The van der Waals surface area contributed by atoms with Crippen molar-refractivity contribution in [3.63, 3.8) is 0 Å². The van der Waals surface area contributed by atoms with Gasteiger partial charge in [0.15, 0.2) is 0 Å². The Labute approximate surface area is 177 Å². The summed E-state index contributed by atoms with van der Waals surface area (Å²) >= 11 is 0. The largest absolute Gasteiger partial charge is 0.396 e. The minimum atomic E-state index is -0.326. The van der Waals surface area contributed by atoms with Crippen LogP contribution in [0.25, 0.3) is 0 Å². The molecule has 1 saturated carbocycles. The van der Waals surface area contributed by atoms with E-state index in [4.69, 9.17) is 10.6 Å². The number of halogens is 1. The van der Waals surface area contributed by atoms with E-state index in [1.54, 1.807) is 12.1 Å². The summed E-state index contributed by atoms with van der Waals surface area (Å²) in [4.78, 5) is 17.0. The highest BCUT2D eigenvalue weighted by Crippen LogP contribution is 2.33. The minimum absolute atomic E-state index is 0.146. The monoisotopic (exact) mass is 411 g/mol. The molecule has 1 aliphatic heterocycles. The van der Waals surface area contributed by atoms with Crippen LogP contribution in [-0.4, -0.2) is 34.9 Å². The van der Waals surface area contributed by atoms with Crippen LogP contribution in [0.4, 0.5) is 16.0 Å². The number of nitrogens with two attached hydrogens (primary N) is 1. The van der Waals surface area contributed by atoms with E-state index in [0.29, 0.717) is 5.92 Å². The lowest BCUT2D eigenvalue weighted by Gasteiger charge is -2.31. The molecule has 2 N–H and O–H groups in total. The number of aromatic nitrogens is 2. The van der Waals surface area contributed by atoms with Crippen molar-refractivity contribution in [3.05, 3.63) is 47.5 Å². The molecule has 7 heteroatoms. The maximum absolute atomic E-state index is 13.7. The highest BCUT2D eigenvalue weighted by molar-refractivity contribution is 5.84. The zero-order valence-electron chi connectivity index (χ0n) is 17.6. The average molecular weight is 412 g/mol. The van der Waals surface area contributed by atoms with Gasteiger partial charge in [-0.15, -0.1) is 0 Å². The number of hydrogen-bond acceptors (Lipinski definition) is 6. The van der Waals surface area contributed by atoms with Crippen molar-refractivity contribution >= 4 is 17.3 Å². The second-order valence-corrected chi connectivity index (χ2v) is 8.25. The molecule has 1 aliphatic carbocycles. The normalized spacial score (nSPS) is 20.3. The maximum Gasteiger partial charge on any atom is 0.225 e. The number of benzene rings is 1. The molecule has 0 atom stereocenters. The van der Waals surface area contributed by atoms with E-state index >= 15 is 0 Å². The molecule has 6 nitrogen and oxygen atoms in total. The molecule has 2 fully saturated rings. The van der Waals surface area contributed by atoms with Crippen LogP contribution in [0.2, 0.25) is 0 Å². The van der Waals surface area contributed by atoms with Gasteiger partial charge in [-0.2, -0.15) is 0 Å². The lowest BCUT2D eigenvalue weighted by molar-refractivity contribution is 0.0406. The van der Waals surface area contributed by atoms with Crippen LogP contribution in [0.1, 0.15) is 62.5 Å². The van der Waals surface area contributed by atoms with Crippen molar-refractivity contribution in [2.45, 2.75) is 63.9 Å². The summed E-state index contributed by atoms with van der Waals surface area (Å²) in [5.41, 5.74) is 9.09. The molecule has 0 spiro atoms. The Morgan fingerprint density at radius 2 is 1.83 bits per heavy atom. The molecule has 0 bridgehead atoms.